The topological polar surface area (TPSA) is 101 Å². The lowest BCUT2D eigenvalue weighted by Gasteiger charge is -2.35. The first kappa shape index (κ1) is 14.7. The van der Waals surface area contributed by atoms with Crippen molar-refractivity contribution in [1.82, 2.24) is 19.9 Å². The molecule has 20 heavy (non-hydrogen) atoms. The maximum Gasteiger partial charge on any atom is 0.323 e. The molecule has 2 unspecified atom stereocenters. The molecule has 2 atom stereocenters. The lowest BCUT2D eigenvalue weighted by molar-refractivity contribution is 0.189. The molecular formula is C12H23N7O. The summed E-state index contributed by atoms with van der Waals surface area (Å²) in [5, 5.41) is 3.34. The van der Waals surface area contributed by atoms with Crippen molar-refractivity contribution in [3.8, 4) is 6.01 Å². The van der Waals surface area contributed by atoms with Gasteiger partial charge in [0.2, 0.25) is 11.9 Å². The van der Waals surface area contributed by atoms with E-state index in [2.05, 4.69) is 44.6 Å². The average molecular weight is 281 g/mol. The smallest absolute Gasteiger partial charge is 0.323 e. The van der Waals surface area contributed by atoms with Gasteiger partial charge >= 0.3 is 6.01 Å². The summed E-state index contributed by atoms with van der Waals surface area (Å²) in [6.45, 7) is 5.66. The number of hydrazine groups is 1. The predicted molar refractivity (Wildman–Crippen MR) is 77.5 cm³/mol. The first-order valence-corrected chi connectivity index (χ1v) is 6.94. The van der Waals surface area contributed by atoms with Crippen LogP contribution in [0.1, 0.15) is 26.7 Å². The van der Waals surface area contributed by atoms with Gasteiger partial charge in [-0.05, 0) is 33.7 Å². The Kier molecular flexibility index (Phi) is 4.91. The van der Waals surface area contributed by atoms with Crippen molar-refractivity contribution < 1.29 is 4.74 Å². The van der Waals surface area contributed by atoms with Gasteiger partial charge in [-0.3, -0.25) is 5.43 Å². The molecule has 2 rings (SSSR count). The van der Waals surface area contributed by atoms with Crippen LogP contribution < -0.4 is 21.3 Å². The van der Waals surface area contributed by atoms with Crippen LogP contribution in [-0.4, -0.2) is 52.1 Å². The fraction of sp³-hybridized carbons (Fsp3) is 0.750. The molecule has 0 amide bonds. The van der Waals surface area contributed by atoms with Gasteiger partial charge in [-0.1, -0.05) is 0 Å². The molecule has 1 aliphatic heterocycles. The Morgan fingerprint density at radius 1 is 1.35 bits per heavy atom. The van der Waals surface area contributed by atoms with E-state index in [9.17, 15) is 0 Å². The third kappa shape index (κ3) is 3.67. The minimum atomic E-state index is 0.277. The lowest BCUT2D eigenvalue weighted by Crippen LogP contribution is -2.42. The Morgan fingerprint density at radius 2 is 2.10 bits per heavy atom. The van der Waals surface area contributed by atoms with E-state index in [1.54, 1.807) is 0 Å². The highest BCUT2D eigenvalue weighted by Crippen LogP contribution is 2.19. The maximum atomic E-state index is 5.36. The van der Waals surface area contributed by atoms with E-state index in [1.807, 2.05) is 6.92 Å². The van der Waals surface area contributed by atoms with Crippen molar-refractivity contribution in [2.24, 2.45) is 5.84 Å². The highest BCUT2D eigenvalue weighted by molar-refractivity contribution is 5.35. The first-order valence-electron chi connectivity index (χ1n) is 6.94. The quantitative estimate of drug-likeness (QED) is 0.528. The molecule has 0 radical (unpaired) electrons. The van der Waals surface area contributed by atoms with Crippen LogP contribution in [0.5, 0.6) is 6.01 Å². The molecule has 0 saturated carbocycles. The van der Waals surface area contributed by atoms with Crippen molar-refractivity contribution in [1.29, 1.82) is 0 Å². The monoisotopic (exact) mass is 281 g/mol. The number of ether oxygens (including phenoxy) is 1. The van der Waals surface area contributed by atoms with Crippen LogP contribution in [0.2, 0.25) is 0 Å². The lowest BCUT2D eigenvalue weighted by atomic mass is 9.99. The van der Waals surface area contributed by atoms with Crippen LogP contribution in [0.3, 0.4) is 0 Å². The van der Waals surface area contributed by atoms with Gasteiger partial charge in [0.25, 0.3) is 0 Å². The molecule has 2 heterocycles. The third-order valence-corrected chi connectivity index (χ3v) is 3.56. The summed E-state index contributed by atoms with van der Waals surface area (Å²) >= 11 is 0. The fourth-order valence-corrected chi connectivity index (χ4v) is 2.28. The molecule has 1 saturated heterocycles. The second-order valence-electron chi connectivity index (χ2n) is 5.04. The van der Waals surface area contributed by atoms with E-state index < -0.39 is 0 Å². The fourth-order valence-electron chi connectivity index (χ4n) is 2.28. The van der Waals surface area contributed by atoms with Gasteiger partial charge in [-0.15, -0.1) is 0 Å². The molecule has 8 nitrogen and oxygen atoms in total. The zero-order valence-electron chi connectivity index (χ0n) is 12.3. The Bertz CT molecular complexity index is 442. The summed E-state index contributed by atoms with van der Waals surface area (Å²) < 4.78 is 5.31. The number of hydrogen-bond acceptors (Lipinski definition) is 8. The zero-order chi connectivity index (χ0) is 14.5. The molecule has 0 spiro atoms. The number of likely N-dealkylation sites (tertiary alicyclic amines) is 1. The van der Waals surface area contributed by atoms with Crippen molar-refractivity contribution >= 4 is 11.9 Å². The molecule has 4 N–H and O–H groups in total. The molecule has 0 aromatic carbocycles. The van der Waals surface area contributed by atoms with Gasteiger partial charge in [0.05, 0.1) is 6.61 Å². The molecule has 0 aliphatic carbocycles. The van der Waals surface area contributed by atoms with Gasteiger partial charge in [0, 0.05) is 18.6 Å². The maximum absolute atomic E-state index is 5.36. The molecule has 8 heteroatoms. The second-order valence-corrected chi connectivity index (χ2v) is 5.04. The predicted octanol–water partition coefficient (Wildman–Crippen LogP) is 0.451. The third-order valence-electron chi connectivity index (χ3n) is 3.56. The summed E-state index contributed by atoms with van der Waals surface area (Å²) in [5.74, 6) is 6.16. The van der Waals surface area contributed by atoms with E-state index >= 15 is 0 Å². The summed E-state index contributed by atoms with van der Waals surface area (Å²) in [6.07, 6.45) is 2.11. The van der Waals surface area contributed by atoms with Crippen LogP contribution >= 0.6 is 0 Å². The standard InChI is InChI=1S/C12H23N7O/c1-4-20-12-16-10(15-11(17-12)18-13)14-9-5-6-19(3)8(2)7-9/h8-9H,4-7,13H2,1-3H3,(H2,14,15,16,17,18). The normalized spacial score (nSPS) is 23.4. The molecule has 1 aliphatic rings. The molecule has 1 aromatic heterocycles. The number of nitrogens with two attached hydrogens (primary N) is 1. The van der Waals surface area contributed by atoms with Gasteiger partial charge in [0.1, 0.15) is 0 Å². The van der Waals surface area contributed by atoms with Crippen molar-refractivity contribution in [3.63, 3.8) is 0 Å². The summed E-state index contributed by atoms with van der Waals surface area (Å²) in [6, 6.07) is 1.17. The number of nitrogen functional groups attached to an aromatic ring is 1. The highest BCUT2D eigenvalue weighted by atomic mass is 16.5. The van der Waals surface area contributed by atoms with Gasteiger partial charge < -0.3 is 15.0 Å². The van der Waals surface area contributed by atoms with Crippen LogP contribution in [0.25, 0.3) is 0 Å². The van der Waals surface area contributed by atoms with E-state index in [4.69, 9.17) is 10.6 Å². The molecule has 1 fully saturated rings. The van der Waals surface area contributed by atoms with Gasteiger partial charge in [-0.25, -0.2) is 5.84 Å². The summed E-state index contributed by atoms with van der Waals surface area (Å²) in [5.41, 5.74) is 2.43. The average Bonchev–Trinajstić information content (AvgIpc) is 2.43. The number of nitrogens with zero attached hydrogens (tertiary/aromatic N) is 4. The first-order chi connectivity index (χ1) is 9.62. The van der Waals surface area contributed by atoms with Crippen molar-refractivity contribution in [2.45, 2.75) is 38.8 Å². The number of anilines is 2. The number of aromatic nitrogens is 3. The molecular weight excluding hydrogens is 258 g/mol. The van der Waals surface area contributed by atoms with Crippen LogP contribution in [0, 0.1) is 0 Å². The van der Waals surface area contributed by atoms with Crippen LogP contribution in [0.4, 0.5) is 11.9 Å². The van der Waals surface area contributed by atoms with E-state index in [1.165, 1.54) is 0 Å². The Labute approximate surface area is 119 Å². The van der Waals surface area contributed by atoms with Crippen LogP contribution in [0.15, 0.2) is 0 Å². The van der Waals surface area contributed by atoms with Gasteiger partial charge in [0.15, 0.2) is 0 Å². The molecule has 112 valence electrons. The highest BCUT2D eigenvalue weighted by Gasteiger charge is 2.23. The Morgan fingerprint density at radius 3 is 2.75 bits per heavy atom. The number of rotatable bonds is 5. The van der Waals surface area contributed by atoms with E-state index in [0.717, 1.165) is 19.4 Å². The van der Waals surface area contributed by atoms with Crippen molar-refractivity contribution in [2.75, 3.05) is 30.9 Å². The van der Waals surface area contributed by atoms with E-state index in [-0.39, 0.29) is 6.01 Å². The van der Waals surface area contributed by atoms with Gasteiger partial charge in [-0.2, -0.15) is 15.0 Å². The van der Waals surface area contributed by atoms with Crippen molar-refractivity contribution in [3.05, 3.63) is 0 Å². The van der Waals surface area contributed by atoms with Crippen LogP contribution in [-0.2, 0) is 0 Å². The van der Waals surface area contributed by atoms with E-state index in [0.29, 0.717) is 30.6 Å². The summed E-state index contributed by atoms with van der Waals surface area (Å²) in [4.78, 5) is 14.8. The largest absolute Gasteiger partial charge is 0.464 e. The second kappa shape index (κ2) is 6.67. The minimum absolute atomic E-state index is 0.277. The zero-order valence-corrected chi connectivity index (χ0v) is 12.3. The Hall–Kier alpha value is -1.67. The number of nitrogens with one attached hydrogen (secondary N) is 2. The molecule has 1 aromatic rings. The Balaban J connectivity index is 2.06. The number of hydrogen-bond donors (Lipinski definition) is 3. The summed E-state index contributed by atoms with van der Waals surface area (Å²) in [7, 11) is 2.15. The number of piperidine rings is 1. The SMILES string of the molecule is CCOc1nc(NN)nc(NC2CCN(C)C(C)C2)n1. The molecule has 0 bridgehead atoms. The minimum Gasteiger partial charge on any atom is -0.464 e.